The molecule has 0 saturated carbocycles. The van der Waals surface area contributed by atoms with E-state index in [9.17, 15) is 4.79 Å². The highest BCUT2D eigenvalue weighted by atomic mass is 16.1. The first-order chi connectivity index (χ1) is 9.47. The Morgan fingerprint density at radius 2 is 1.95 bits per heavy atom. The lowest BCUT2D eigenvalue weighted by Crippen LogP contribution is -2.16. The SMILES string of the molecule is Cc1ccc(NC(=O)c2ccc(N)nn2)cc1N(C)C. The predicted octanol–water partition coefficient (Wildman–Crippen LogP) is 1.69. The van der Waals surface area contributed by atoms with E-state index in [4.69, 9.17) is 5.73 Å². The predicted molar refractivity (Wildman–Crippen MR) is 79.9 cm³/mol. The molecule has 0 radical (unpaired) electrons. The van der Waals surface area contributed by atoms with Gasteiger partial charge in [-0.2, -0.15) is 0 Å². The molecule has 20 heavy (non-hydrogen) atoms. The number of aromatic nitrogens is 2. The summed E-state index contributed by atoms with van der Waals surface area (Å²) in [6, 6.07) is 8.81. The molecular weight excluding hydrogens is 254 g/mol. The Balaban J connectivity index is 2.19. The van der Waals surface area contributed by atoms with Crippen LogP contribution in [0.2, 0.25) is 0 Å². The zero-order valence-electron chi connectivity index (χ0n) is 11.7. The summed E-state index contributed by atoms with van der Waals surface area (Å²) >= 11 is 0. The zero-order chi connectivity index (χ0) is 14.7. The van der Waals surface area contributed by atoms with Crippen molar-refractivity contribution in [3.05, 3.63) is 41.6 Å². The lowest BCUT2D eigenvalue weighted by Gasteiger charge is -2.17. The number of rotatable bonds is 3. The highest BCUT2D eigenvalue weighted by Crippen LogP contribution is 2.22. The van der Waals surface area contributed by atoms with E-state index >= 15 is 0 Å². The van der Waals surface area contributed by atoms with Crippen molar-refractivity contribution in [2.75, 3.05) is 30.0 Å². The third-order valence-corrected chi connectivity index (χ3v) is 2.87. The summed E-state index contributed by atoms with van der Waals surface area (Å²) in [7, 11) is 3.92. The molecule has 6 heteroatoms. The standard InChI is InChI=1S/C14H17N5O/c1-9-4-5-10(8-12(9)19(2)3)16-14(20)11-6-7-13(15)18-17-11/h4-8H,1-3H3,(H2,15,18)(H,16,20). The fourth-order valence-corrected chi connectivity index (χ4v) is 1.83. The maximum atomic E-state index is 12.0. The van der Waals surface area contributed by atoms with Crippen LogP contribution in [0.25, 0.3) is 0 Å². The van der Waals surface area contributed by atoms with Gasteiger partial charge in [0.15, 0.2) is 5.69 Å². The number of benzene rings is 1. The first-order valence-corrected chi connectivity index (χ1v) is 6.16. The number of hydrogen-bond donors (Lipinski definition) is 2. The fourth-order valence-electron chi connectivity index (χ4n) is 1.83. The lowest BCUT2D eigenvalue weighted by atomic mass is 10.1. The minimum absolute atomic E-state index is 0.228. The topological polar surface area (TPSA) is 84.1 Å². The Morgan fingerprint density at radius 3 is 2.55 bits per heavy atom. The number of amides is 1. The molecule has 0 aliphatic rings. The number of nitrogens with zero attached hydrogens (tertiary/aromatic N) is 3. The molecule has 0 fully saturated rings. The van der Waals surface area contributed by atoms with Crippen molar-refractivity contribution in [1.29, 1.82) is 0 Å². The Hall–Kier alpha value is -2.63. The molecule has 0 unspecified atom stereocenters. The summed E-state index contributed by atoms with van der Waals surface area (Å²) in [5, 5.41) is 10.2. The van der Waals surface area contributed by atoms with Gasteiger partial charge in [0.25, 0.3) is 5.91 Å². The quantitative estimate of drug-likeness (QED) is 0.887. The van der Waals surface area contributed by atoms with E-state index in [1.807, 2.05) is 44.1 Å². The highest BCUT2D eigenvalue weighted by molar-refractivity contribution is 6.03. The first-order valence-electron chi connectivity index (χ1n) is 6.16. The number of aryl methyl sites for hydroxylation is 1. The number of carbonyl (C=O) groups is 1. The summed E-state index contributed by atoms with van der Waals surface area (Å²) in [5.74, 6) is -0.0298. The molecule has 0 atom stereocenters. The molecule has 0 bridgehead atoms. The van der Waals surface area contributed by atoms with E-state index in [0.29, 0.717) is 5.69 Å². The first kappa shape index (κ1) is 13.8. The molecule has 3 N–H and O–H groups in total. The highest BCUT2D eigenvalue weighted by Gasteiger charge is 2.09. The van der Waals surface area contributed by atoms with Crippen molar-refractivity contribution in [3.8, 4) is 0 Å². The van der Waals surface area contributed by atoms with Gasteiger partial charge >= 0.3 is 0 Å². The molecule has 1 heterocycles. The number of nitrogens with one attached hydrogen (secondary N) is 1. The second-order valence-electron chi connectivity index (χ2n) is 4.69. The van der Waals surface area contributed by atoms with Gasteiger partial charge in [-0.15, -0.1) is 10.2 Å². The third-order valence-electron chi connectivity index (χ3n) is 2.87. The number of anilines is 3. The van der Waals surface area contributed by atoms with E-state index < -0.39 is 0 Å². The molecule has 2 rings (SSSR count). The number of hydrogen-bond acceptors (Lipinski definition) is 5. The van der Waals surface area contributed by atoms with E-state index in [1.165, 1.54) is 0 Å². The Kier molecular flexibility index (Phi) is 3.84. The maximum Gasteiger partial charge on any atom is 0.276 e. The van der Waals surface area contributed by atoms with Gasteiger partial charge in [0.05, 0.1) is 0 Å². The maximum absolute atomic E-state index is 12.0. The van der Waals surface area contributed by atoms with Crippen molar-refractivity contribution >= 4 is 23.1 Å². The van der Waals surface area contributed by atoms with Crippen molar-refractivity contribution in [2.45, 2.75) is 6.92 Å². The molecule has 6 nitrogen and oxygen atoms in total. The van der Waals surface area contributed by atoms with Crippen LogP contribution in [0, 0.1) is 6.92 Å². The lowest BCUT2D eigenvalue weighted by molar-refractivity contribution is 0.102. The summed E-state index contributed by atoms with van der Waals surface area (Å²) in [5.41, 5.74) is 8.56. The summed E-state index contributed by atoms with van der Waals surface area (Å²) in [6.07, 6.45) is 0. The van der Waals surface area contributed by atoms with Gasteiger partial charge in [0.2, 0.25) is 0 Å². The molecule has 0 aliphatic carbocycles. The molecule has 1 amide bonds. The van der Waals surface area contributed by atoms with Crippen LogP contribution in [0.1, 0.15) is 16.1 Å². The molecule has 0 aliphatic heterocycles. The molecule has 0 spiro atoms. The van der Waals surface area contributed by atoms with Gasteiger partial charge in [-0.1, -0.05) is 6.07 Å². The Bertz CT molecular complexity index is 622. The zero-order valence-corrected chi connectivity index (χ0v) is 11.7. The fraction of sp³-hybridized carbons (Fsp3) is 0.214. The van der Waals surface area contributed by atoms with E-state index in [0.717, 1.165) is 11.3 Å². The molecule has 1 aromatic heterocycles. The third kappa shape index (κ3) is 3.03. The van der Waals surface area contributed by atoms with Crippen LogP contribution in [-0.4, -0.2) is 30.2 Å². The van der Waals surface area contributed by atoms with E-state index in [2.05, 4.69) is 15.5 Å². The van der Waals surface area contributed by atoms with Crippen molar-refractivity contribution < 1.29 is 4.79 Å². The van der Waals surface area contributed by atoms with Crippen molar-refractivity contribution in [1.82, 2.24) is 10.2 Å². The minimum atomic E-state index is -0.314. The largest absolute Gasteiger partial charge is 0.382 e. The minimum Gasteiger partial charge on any atom is -0.382 e. The summed E-state index contributed by atoms with van der Waals surface area (Å²) in [4.78, 5) is 14.0. The molecule has 2 aromatic rings. The molecule has 0 saturated heterocycles. The average Bonchev–Trinajstić information content (AvgIpc) is 2.41. The van der Waals surface area contributed by atoms with Gasteiger partial charge in [0, 0.05) is 25.5 Å². The molecular formula is C14H17N5O. The van der Waals surface area contributed by atoms with Gasteiger partial charge in [-0.05, 0) is 36.8 Å². The average molecular weight is 271 g/mol. The summed E-state index contributed by atoms with van der Waals surface area (Å²) in [6.45, 7) is 2.02. The van der Waals surface area contributed by atoms with Crippen LogP contribution in [0.4, 0.5) is 17.2 Å². The van der Waals surface area contributed by atoms with Crippen LogP contribution < -0.4 is 16.0 Å². The van der Waals surface area contributed by atoms with Crippen LogP contribution in [-0.2, 0) is 0 Å². The van der Waals surface area contributed by atoms with Crippen LogP contribution >= 0.6 is 0 Å². The van der Waals surface area contributed by atoms with Gasteiger partial charge in [0.1, 0.15) is 5.82 Å². The second-order valence-corrected chi connectivity index (χ2v) is 4.69. The number of nitrogens with two attached hydrogens (primary N) is 1. The van der Waals surface area contributed by atoms with Crippen LogP contribution in [0.3, 0.4) is 0 Å². The summed E-state index contributed by atoms with van der Waals surface area (Å²) < 4.78 is 0. The second kappa shape index (κ2) is 5.56. The van der Waals surface area contributed by atoms with E-state index in [-0.39, 0.29) is 17.4 Å². The monoisotopic (exact) mass is 271 g/mol. The van der Waals surface area contributed by atoms with Crippen molar-refractivity contribution in [2.24, 2.45) is 0 Å². The number of nitrogen functional groups attached to an aromatic ring is 1. The van der Waals surface area contributed by atoms with Crippen molar-refractivity contribution in [3.63, 3.8) is 0 Å². The normalized spacial score (nSPS) is 10.2. The van der Waals surface area contributed by atoms with Gasteiger partial charge in [-0.3, -0.25) is 4.79 Å². The molecule has 104 valence electrons. The number of carbonyl (C=O) groups excluding carboxylic acids is 1. The Morgan fingerprint density at radius 1 is 1.20 bits per heavy atom. The van der Waals surface area contributed by atoms with Crippen LogP contribution in [0.15, 0.2) is 30.3 Å². The smallest absolute Gasteiger partial charge is 0.276 e. The van der Waals surface area contributed by atoms with Gasteiger partial charge in [-0.25, -0.2) is 0 Å². The van der Waals surface area contributed by atoms with E-state index in [1.54, 1.807) is 12.1 Å². The van der Waals surface area contributed by atoms with Gasteiger partial charge < -0.3 is 16.0 Å². The Labute approximate surface area is 117 Å². The molecule has 1 aromatic carbocycles. The van der Waals surface area contributed by atoms with Crippen LogP contribution in [0.5, 0.6) is 0 Å².